The molecular formula is C12H20N2. The van der Waals surface area contributed by atoms with Gasteiger partial charge in [-0.1, -0.05) is 13.8 Å². The molecule has 1 aromatic rings. The van der Waals surface area contributed by atoms with Crippen molar-refractivity contribution in [3.63, 3.8) is 0 Å². The first kappa shape index (κ1) is 11.2. The van der Waals surface area contributed by atoms with Crippen molar-refractivity contribution >= 4 is 0 Å². The largest absolute Gasteiger partial charge is 0.299 e. The van der Waals surface area contributed by atoms with Crippen LogP contribution in [0.1, 0.15) is 31.4 Å². The molecule has 14 heavy (non-hydrogen) atoms. The summed E-state index contributed by atoms with van der Waals surface area (Å²) in [5, 5.41) is 0. The molecule has 0 unspecified atom stereocenters. The van der Waals surface area contributed by atoms with Gasteiger partial charge in [-0.05, 0) is 43.6 Å². The van der Waals surface area contributed by atoms with Crippen LogP contribution in [0.2, 0.25) is 0 Å². The number of aromatic nitrogens is 1. The predicted molar refractivity (Wildman–Crippen MR) is 60.2 cm³/mol. The molecule has 0 N–H and O–H groups in total. The highest BCUT2D eigenvalue weighted by molar-refractivity contribution is 5.21. The van der Waals surface area contributed by atoms with E-state index in [-0.39, 0.29) is 0 Å². The molecule has 0 aliphatic rings. The highest BCUT2D eigenvalue weighted by Gasteiger charge is 2.04. The van der Waals surface area contributed by atoms with Gasteiger partial charge in [0.05, 0.1) is 0 Å². The molecule has 0 atom stereocenters. The fourth-order valence-electron chi connectivity index (χ4n) is 1.57. The van der Waals surface area contributed by atoms with E-state index in [4.69, 9.17) is 0 Å². The quantitative estimate of drug-likeness (QED) is 0.713. The lowest BCUT2D eigenvalue weighted by molar-refractivity contribution is 0.280. The first-order valence-electron chi connectivity index (χ1n) is 5.39. The fraction of sp³-hybridized carbons (Fsp3) is 0.583. The van der Waals surface area contributed by atoms with Gasteiger partial charge < -0.3 is 0 Å². The third-order valence-corrected chi connectivity index (χ3v) is 2.53. The summed E-state index contributed by atoms with van der Waals surface area (Å²) < 4.78 is 0. The standard InChI is InChI=1S/C12H20N2/c1-4-8-14(5-2)10-12-9-13-7-6-11(12)3/h6-7,9H,4-5,8,10H2,1-3H3. The Kier molecular flexibility index (Phi) is 4.60. The predicted octanol–water partition coefficient (Wildman–Crippen LogP) is 2.62. The number of hydrogen-bond acceptors (Lipinski definition) is 2. The van der Waals surface area contributed by atoms with Gasteiger partial charge in [-0.3, -0.25) is 9.88 Å². The van der Waals surface area contributed by atoms with Crippen molar-refractivity contribution in [1.82, 2.24) is 9.88 Å². The fourth-order valence-corrected chi connectivity index (χ4v) is 1.57. The smallest absolute Gasteiger partial charge is 0.0315 e. The molecule has 0 aliphatic carbocycles. The van der Waals surface area contributed by atoms with Crippen molar-refractivity contribution in [2.45, 2.75) is 33.7 Å². The molecule has 1 aromatic heterocycles. The average Bonchev–Trinajstić information content (AvgIpc) is 2.20. The van der Waals surface area contributed by atoms with Crippen LogP contribution in [0.25, 0.3) is 0 Å². The molecular weight excluding hydrogens is 172 g/mol. The normalized spacial score (nSPS) is 10.9. The van der Waals surface area contributed by atoms with E-state index < -0.39 is 0 Å². The minimum Gasteiger partial charge on any atom is -0.299 e. The Labute approximate surface area is 87.0 Å². The summed E-state index contributed by atoms with van der Waals surface area (Å²) in [5.74, 6) is 0. The molecule has 0 fully saturated rings. The monoisotopic (exact) mass is 192 g/mol. The Balaban J connectivity index is 2.62. The topological polar surface area (TPSA) is 16.1 Å². The van der Waals surface area contributed by atoms with E-state index in [1.165, 1.54) is 24.1 Å². The summed E-state index contributed by atoms with van der Waals surface area (Å²) in [7, 11) is 0. The van der Waals surface area contributed by atoms with Gasteiger partial charge in [0.1, 0.15) is 0 Å². The van der Waals surface area contributed by atoms with Crippen molar-refractivity contribution < 1.29 is 0 Å². The Morgan fingerprint density at radius 1 is 1.36 bits per heavy atom. The van der Waals surface area contributed by atoms with Crippen molar-refractivity contribution in [2.75, 3.05) is 13.1 Å². The van der Waals surface area contributed by atoms with Gasteiger partial charge in [0, 0.05) is 18.9 Å². The lowest BCUT2D eigenvalue weighted by Crippen LogP contribution is -2.24. The van der Waals surface area contributed by atoms with Crippen LogP contribution in [0.15, 0.2) is 18.5 Å². The average molecular weight is 192 g/mol. The third kappa shape index (κ3) is 3.11. The van der Waals surface area contributed by atoms with E-state index in [0.29, 0.717) is 0 Å². The summed E-state index contributed by atoms with van der Waals surface area (Å²) in [6.45, 7) is 9.90. The number of hydrogen-bond donors (Lipinski definition) is 0. The van der Waals surface area contributed by atoms with Crippen LogP contribution in [-0.2, 0) is 6.54 Å². The maximum atomic E-state index is 4.17. The lowest BCUT2D eigenvalue weighted by Gasteiger charge is -2.20. The van der Waals surface area contributed by atoms with E-state index in [2.05, 4.69) is 36.7 Å². The van der Waals surface area contributed by atoms with E-state index in [1.807, 2.05) is 12.4 Å². The van der Waals surface area contributed by atoms with Gasteiger partial charge in [-0.2, -0.15) is 0 Å². The zero-order valence-corrected chi connectivity index (χ0v) is 9.45. The third-order valence-electron chi connectivity index (χ3n) is 2.53. The van der Waals surface area contributed by atoms with Crippen LogP contribution in [0.5, 0.6) is 0 Å². The summed E-state index contributed by atoms with van der Waals surface area (Å²) >= 11 is 0. The molecule has 0 saturated carbocycles. The molecule has 0 spiro atoms. The molecule has 1 heterocycles. The lowest BCUT2D eigenvalue weighted by atomic mass is 10.1. The van der Waals surface area contributed by atoms with Crippen LogP contribution >= 0.6 is 0 Å². The van der Waals surface area contributed by atoms with Gasteiger partial charge in [-0.15, -0.1) is 0 Å². The van der Waals surface area contributed by atoms with E-state index >= 15 is 0 Å². The summed E-state index contributed by atoms with van der Waals surface area (Å²) in [4.78, 5) is 6.61. The SMILES string of the molecule is CCCN(CC)Cc1cnccc1C. The molecule has 0 radical (unpaired) electrons. The zero-order chi connectivity index (χ0) is 10.4. The van der Waals surface area contributed by atoms with Crippen molar-refractivity contribution in [1.29, 1.82) is 0 Å². The molecule has 2 heteroatoms. The van der Waals surface area contributed by atoms with Gasteiger partial charge in [-0.25, -0.2) is 0 Å². The second-order valence-electron chi connectivity index (χ2n) is 3.67. The molecule has 78 valence electrons. The molecule has 0 bridgehead atoms. The number of aryl methyl sites for hydroxylation is 1. The highest BCUT2D eigenvalue weighted by atomic mass is 15.1. The van der Waals surface area contributed by atoms with Gasteiger partial charge in [0.15, 0.2) is 0 Å². The second kappa shape index (κ2) is 5.76. The molecule has 2 nitrogen and oxygen atoms in total. The summed E-state index contributed by atoms with van der Waals surface area (Å²) in [5.41, 5.74) is 2.69. The van der Waals surface area contributed by atoms with Crippen molar-refractivity contribution in [2.24, 2.45) is 0 Å². The molecule has 0 saturated heterocycles. The van der Waals surface area contributed by atoms with Crippen LogP contribution in [-0.4, -0.2) is 23.0 Å². The molecule has 1 rings (SSSR count). The molecule has 0 amide bonds. The van der Waals surface area contributed by atoms with Crippen LogP contribution in [0.4, 0.5) is 0 Å². The Hall–Kier alpha value is -0.890. The number of pyridine rings is 1. The van der Waals surface area contributed by atoms with Crippen molar-refractivity contribution in [3.05, 3.63) is 29.6 Å². The zero-order valence-electron chi connectivity index (χ0n) is 9.45. The Morgan fingerprint density at radius 3 is 2.71 bits per heavy atom. The van der Waals surface area contributed by atoms with E-state index in [9.17, 15) is 0 Å². The van der Waals surface area contributed by atoms with E-state index in [1.54, 1.807) is 0 Å². The van der Waals surface area contributed by atoms with Crippen LogP contribution in [0, 0.1) is 6.92 Å². The van der Waals surface area contributed by atoms with Crippen LogP contribution in [0.3, 0.4) is 0 Å². The molecule has 0 aromatic carbocycles. The molecule has 0 aliphatic heterocycles. The minimum atomic E-state index is 1.03. The Bertz CT molecular complexity index is 271. The first-order valence-corrected chi connectivity index (χ1v) is 5.39. The highest BCUT2D eigenvalue weighted by Crippen LogP contribution is 2.08. The summed E-state index contributed by atoms with van der Waals surface area (Å²) in [6.07, 6.45) is 5.05. The summed E-state index contributed by atoms with van der Waals surface area (Å²) in [6, 6.07) is 2.08. The maximum Gasteiger partial charge on any atom is 0.0315 e. The van der Waals surface area contributed by atoms with Crippen LogP contribution < -0.4 is 0 Å². The minimum absolute atomic E-state index is 1.03. The van der Waals surface area contributed by atoms with Gasteiger partial charge >= 0.3 is 0 Å². The first-order chi connectivity index (χ1) is 6.77. The van der Waals surface area contributed by atoms with Gasteiger partial charge in [0.2, 0.25) is 0 Å². The van der Waals surface area contributed by atoms with Gasteiger partial charge in [0.25, 0.3) is 0 Å². The Morgan fingerprint density at radius 2 is 2.14 bits per heavy atom. The van der Waals surface area contributed by atoms with E-state index in [0.717, 1.165) is 13.1 Å². The number of rotatable bonds is 5. The maximum absolute atomic E-state index is 4.17. The van der Waals surface area contributed by atoms with Crippen molar-refractivity contribution in [3.8, 4) is 0 Å². The number of nitrogens with zero attached hydrogens (tertiary/aromatic N) is 2. The second-order valence-corrected chi connectivity index (χ2v) is 3.67.